The highest BCUT2D eigenvalue weighted by atomic mass is 16.5. The standard InChI is InChI=1S/C23H28N2O4/c1-2-28-22-13-19(3-6-21(22)29-16-17-7-10-24-11-8-17)23(26)25(20-4-5-20)14-18-9-12-27-15-18/h3,6-8,10-11,13,18,20H,2,4-5,9,12,14-16H2,1H3. The first kappa shape index (κ1) is 19.7. The summed E-state index contributed by atoms with van der Waals surface area (Å²) in [7, 11) is 0. The van der Waals surface area contributed by atoms with Gasteiger partial charge in [-0.25, -0.2) is 0 Å². The molecule has 1 saturated carbocycles. The first-order valence-corrected chi connectivity index (χ1v) is 10.4. The number of nitrogens with zero attached hydrogens (tertiary/aromatic N) is 2. The van der Waals surface area contributed by atoms with Crippen LogP contribution in [0.25, 0.3) is 0 Å². The molecule has 6 nitrogen and oxygen atoms in total. The fourth-order valence-electron chi connectivity index (χ4n) is 3.62. The number of pyridine rings is 1. The topological polar surface area (TPSA) is 60.9 Å². The Labute approximate surface area is 171 Å². The van der Waals surface area contributed by atoms with E-state index < -0.39 is 0 Å². The lowest BCUT2D eigenvalue weighted by Gasteiger charge is -2.25. The van der Waals surface area contributed by atoms with Crippen molar-refractivity contribution in [3.63, 3.8) is 0 Å². The van der Waals surface area contributed by atoms with Crippen molar-refractivity contribution in [3.05, 3.63) is 53.9 Å². The summed E-state index contributed by atoms with van der Waals surface area (Å²) < 4.78 is 17.2. The molecule has 2 fully saturated rings. The third-order valence-electron chi connectivity index (χ3n) is 5.36. The van der Waals surface area contributed by atoms with Crippen LogP contribution in [0.1, 0.15) is 42.1 Å². The Morgan fingerprint density at radius 2 is 1.97 bits per heavy atom. The van der Waals surface area contributed by atoms with Crippen LogP contribution >= 0.6 is 0 Å². The van der Waals surface area contributed by atoms with Crippen LogP contribution in [0, 0.1) is 5.92 Å². The summed E-state index contributed by atoms with van der Waals surface area (Å²) in [6, 6.07) is 9.68. The van der Waals surface area contributed by atoms with E-state index in [1.54, 1.807) is 12.4 Å². The number of ether oxygens (including phenoxy) is 3. The number of hydrogen-bond donors (Lipinski definition) is 0. The van der Waals surface area contributed by atoms with Crippen molar-refractivity contribution in [1.29, 1.82) is 0 Å². The lowest BCUT2D eigenvalue weighted by atomic mass is 10.1. The Hall–Kier alpha value is -2.60. The van der Waals surface area contributed by atoms with Crippen molar-refractivity contribution in [1.82, 2.24) is 9.88 Å². The summed E-state index contributed by atoms with van der Waals surface area (Å²) in [5.74, 6) is 1.75. The molecule has 2 aliphatic rings. The summed E-state index contributed by atoms with van der Waals surface area (Å²) in [6.07, 6.45) is 6.69. The molecule has 154 valence electrons. The predicted molar refractivity (Wildman–Crippen MR) is 109 cm³/mol. The molecule has 4 rings (SSSR count). The zero-order valence-electron chi connectivity index (χ0n) is 16.9. The van der Waals surface area contributed by atoms with Crippen LogP contribution in [0.15, 0.2) is 42.7 Å². The molecule has 2 heterocycles. The van der Waals surface area contributed by atoms with Crippen LogP contribution in [-0.2, 0) is 11.3 Å². The molecular weight excluding hydrogens is 368 g/mol. The zero-order valence-corrected chi connectivity index (χ0v) is 16.9. The first-order valence-electron chi connectivity index (χ1n) is 10.4. The Morgan fingerprint density at radius 3 is 2.66 bits per heavy atom. The second-order valence-electron chi connectivity index (χ2n) is 7.66. The average molecular weight is 396 g/mol. The molecule has 1 atom stereocenters. The van der Waals surface area contributed by atoms with Gasteiger partial charge in [0.15, 0.2) is 11.5 Å². The summed E-state index contributed by atoms with van der Waals surface area (Å²) in [5, 5.41) is 0. The molecule has 0 spiro atoms. The van der Waals surface area contributed by atoms with Gasteiger partial charge >= 0.3 is 0 Å². The van der Waals surface area contributed by atoms with Gasteiger partial charge in [0, 0.05) is 43.1 Å². The van der Waals surface area contributed by atoms with Crippen LogP contribution in [-0.4, -0.2) is 48.2 Å². The van der Waals surface area contributed by atoms with Crippen LogP contribution in [0.3, 0.4) is 0 Å². The molecule has 1 saturated heterocycles. The highest BCUT2D eigenvalue weighted by Gasteiger charge is 2.35. The van der Waals surface area contributed by atoms with Crippen molar-refractivity contribution in [2.75, 3.05) is 26.4 Å². The molecule has 1 aromatic carbocycles. The van der Waals surface area contributed by atoms with Gasteiger partial charge in [0.2, 0.25) is 0 Å². The van der Waals surface area contributed by atoms with Crippen LogP contribution in [0.2, 0.25) is 0 Å². The minimum Gasteiger partial charge on any atom is -0.490 e. The number of hydrogen-bond acceptors (Lipinski definition) is 5. The molecule has 6 heteroatoms. The fraction of sp³-hybridized carbons (Fsp3) is 0.478. The van der Waals surface area contributed by atoms with Gasteiger partial charge in [-0.3, -0.25) is 9.78 Å². The Morgan fingerprint density at radius 1 is 1.14 bits per heavy atom. The van der Waals surface area contributed by atoms with Gasteiger partial charge in [-0.05, 0) is 62.1 Å². The van der Waals surface area contributed by atoms with E-state index in [1.165, 1.54) is 0 Å². The molecule has 0 N–H and O–H groups in total. The number of benzene rings is 1. The molecule has 1 unspecified atom stereocenters. The zero-order chi connectivity index (χ0) is 20.1. The van der Waals surface area contributed by atoms with Gasteiger partial charge in [0.25, 0.3) is 5.91 Å². The molecule has 0 radical (unpaired) electrons. The van der Waals surface area contributed by atoms with E-state index >= 15 is 0 Å². The Bertz CT molecular complexity index is 817. The average Bonchev–Trinajstić information content (AvgIpc) is 3.47. The fourth-order valence-corrected chi connectivity index (χ4v) is 3.62. The van der Waals surface area contributed by atoms with Crippen LogP contribution in [0.4, 0.5) is 0 Å². The maximum atomic E-state index is 13.2. The van der Waals surface area contributed by atoms with Crippen molar-refractivity contribution in [2.45, 2.75) is 38.8 Å². The monoisotopic (exact) mass is 396 g/mol. The van der Waals surface area contributed by atoms with Gasteiger partial charge in [0.05, 0.1) is 13.2 Å². The van der Waals surface area contributed by atoms with Crippen molar-refractivity contribution in [3.8, 4) is 11.5 Å². The van der Waals surface area contributed by atoms with Gasteiger partial charge < -0.3 is 19.1 Å². The minimum absolute atomic E-state index is 0.0704. The highest BCUT2D eigenvalue weighted by Crippen LogP contribution is 2.33. The molecule has 1 amide bonds. The minimum atomic E-state index is 0.0704. The summed E-state index contributed by atoms with van der Waals surface area (Å²) >= 11 is 0. The quantitative estimate of drug-likeness (QED) is 0.647. The number of carbonyl (C=O) groups is 1. The smallest absolute Gasteiger partial charge is 0.254 e. The summed E-state index contributed by atoms with van der Waals surface area (Å²) in [6.45, 7) is 5.18. The van der Waals surface area contributed by atoms with Crippen molar-refractivity contribution in [2.24, 2.45) is 5.92 Å². The molecule has 29 heavy (non-hydrogen) atoms. The SMILES string of the molecule is CCOc1cc(C(=O)N(CC2CCOC2)C2CC2)ccc1OCc1ccncc1. The highest BCUT2D eigenvalue weighted by molar-refractivity contribution is 5.95. The maximum absolute atomic E-state index is 13.2. The van der Waals surface area contributed by atoms with E-state index in [1.807, 2.05) is 42.2 Å². The largest absolute Gasteiger partial charge is 0.490 e. The number of amides is 1. The van der Waals surface area contributed by atoms with Crippen molar-refractivity contribution >= 4 is 5.91 Å². The molecule has 1 aliphatic carbocycles. The molecule has 2 aromatic rings. The maximum Gasteiger partial charge on any atom is 0.254 e. The Balaban J connectivity index is 1.48. The normalized spacial score (nSPS) is 18.4. The van der Waals surface area contributed by atoms with E-state index in [4.69, 9.17) is 14.2 Å². The third kappa shape index (κ3) is 5.07. The first-order chi connectivity index (χ1) is 14.2. The van der Waals surface area contributed by atoms with E-state index in [9.17, 15) is 4.79 Å². The number of carbonyl (C=O) groups excluding carboxylic acids is 1. The van der Waals surface area contributed by atoms with E-state index in [0.717, 1.165) is 44.6 Å². The van der Waals surface area contributed by atoms with E-state index in [0.29, 0.717) is 42.2 Å². The van der Waals surface area contributed by atoms with E-state index in [2.05, 4.69) is 4.98 Å². The summed E-state index contributed by atoms with van der Waals surface area (Å²) in [5.41, 5.74) is 1.68. The second-order valence-corrected chi connectivity index (χ2v) is 7.66. The van der Waals surface area contributed by atoms with Crippen molar-refractivity contribution < 1.29 is 19.0 Å². The lowest BCUT2D eigenvalue weighted by molar-refractivity contribution is 0.0705. The van der Waals surface area contributed by atoms with Gasteiger partial charge in [-0.2, -0.15) is 0 Å². The van der Waals surface area contributed by atoms with E-state index in [-0.39, 0.29) is 5.91 Å². The molecule has 0 bridgehead atoms. The van der Waals surface area contributed by atoms with Crippen LogP contribution in [0.5, 0.6) is 11.5 Å². The molecular formula is C23H28N2O4. The second kappa shape index (κ2) is 9.27. The predicted octanol–water partition coefficient (Wildman–Crippen LogP) is 3.70. The van der Waals surface area contributed by atoms with Gasteiger partial charge in [0.1, 0.15) is 6.61 Å². The molecule has 1 aromatic heterocycles. The summed E-state index contributed by atoms with van der Waals surface area (Å²) in [4.78, 5) is 19.3. The number of rotatable bonds is 9. The third-order valence-corrected chi connectivity index (χ3v) is 5.36. The molecule has 1 aliphatic heterocycles. The van der Waals surface area contributed by atoms with Gasteiger partial charge in [-0.1, -0.05) is 0 Å². The number of aromatic nitrogens is 1. The van der Waals surface area contributed by atoms with Gasteiger partial charge in [-0.15, -0.1) is 0 Å². The Kier molecular flexibility index (Phi) is 6.30. The lowest BCUT2D eigenvalue weighted by Crippen LogP contribution is -2.37. The van der Waals surface area contributed by atoms with Crippen LogP contribution < -0.4 is 9.47 Å².